The van der Waals surface area contributed by atoms with Crippen LogP contribution in [0.5, 0.6) is 17.5 Å². The maximum absolute atomic E-state index is 12.3. The van der Waals surface area contributed by atoms with Crippen molar-refractivity contribution in [3.8, 4) is 17.5 Å². The molecule has 6 nitrogen and oxygen atoms in total. The summed E-state index contributed by atoms with van der Waals surface area (Å²) < 4.78 is 42.2. The highest BCUT2D eigenvalue weighted by Crippen LogP contribution is 2.23. The summed E-state index contributed by atoms with van der Waals surface area (Å²) in [5, 5.41) is 0. The number of halogens is 1. The van der Waals surface area contributed by atoms with Gasteiger partial charge in [-0.3, -0.25) is 0 Å². The molecule has 2 rings (SSSR count). The number of nitrogens with zero attached hydrogens (tertiary/aromatic N) is 2. The SMILES string of the molecule is O=S(=O)(F)Oc1cccc(Oc2ncccn2)c1. The zero-order valence-electron chi connectivity index (χ0n) is 8.86. The van der Waals surface area contributed by atoms with Crippen LogP contribution in [0.15, 0.2) is 42.7 Å². The fourth-order valence-corrected chi connectivity index (χ4v) is 1.48. The first-order valence-electron chi connectivity index (χ1n) is 4.72. The van der Waals surface area contributed by atoms with Crippen molar-refractivity contribution >= 4 is 10.5 Å². The van der Waals surface area contributed by atoms with Crippen molar-refractivity contribution in [1.29, 1.82) is 0 Å². The van der Waals surface area contributed by atoms with Crippen LogP contribution in [0, 0.1) is 0 Å². The number of aromatic nitrogens is 2. The molecule has 94 valence electrons. The first kappa shape index (κ1) is 12.2. The summed E-state index contributed by atoms with van der Waals surface area (Å²) in [5.41, 5.74) is 0. The van der Waals surface area contributed by atoms with Gasteiger partial charge in [0.05, 0.1) is 0 Å². The summed E-state index contributed by atoms with van der Waals surface area (Å²) in [7, 11) is -5.05. The minimum absolute atomic E-state index is 0.0813. The van der Waals surface area contributed by atoms with Gasteiger partial charge < -0.3 is 8.92 Å². The second kappa shape index (κ2) is 4.96. The third kappa shape index (κ3) is 3.67. The van der Waals surface area contributed by atoms with Gasteiger partial charge in [0.15, 0.2) is 0 Å². The van der Waals surface area contributed by atoms with E-state index in [1.54, 1.807) is 6.07 Å². The van der Waals surface area contributed by atoms with E-state index in [1.807, 2.05) is 0 Å². The van der Waals surface area contributed by atoms with Gasteiger partial charge in [0.25, 0.3) is 0 Å². The van der Waals surface area contributed by atoms with E-state index in [-0.39, 0.29) is 17.5 Å². The van der Waals surface area contributed by atoms with Crippen molar-refractivity contribution < 1.29 is 21.2 Å². The minimum Gasteiger partial charge on any atom is -0.424 e. The molecule has 0 saturated carbocycles. The molecule has 1 aromatic carbocycles. The lowest BCUT2D eigenvalue weighted by Crippen LogP contribution is -2.01. The van der Waals surface area contributed by atoms with Gasteiger partial charge in [0.2, 0.25) is 0 Å². The molecule has 0 saturated heterocycles. The van der Waals surface area contributed by atoms with Crippen molar-refractivity contribution in [3.63, 3.8) is 0 Å². The van der Waals surface area contributed by atoms with E-state index >= 15 is 0 Å². The molecule has 0 aliphatic carbocycles. The Morgan fingerprint density at radius 1 is 1.06 bits per heavy atom. The normalized spacial score (nSPS) is 10.9. The largest absolute Gasteiger partial charge is 0.488 e. The van der Waals surface area contributed by atoms with Gasteiger partial charge in [-0.2, -0.15) is 8.42 Å². The van der Waals surface area contributed by atoms with E-state index in [0.717, 1.165) is 0 Å². The molecule has 2 aromatic rings. The molecule has 0 aliphatic rings. The van der Waals surface area contributed by atoms with E-state index in [4.69, 9.17) is 4.74 Å². The number of benzene rings is 1. The Labute approximate surface area is 102 Å². The first-order valence-corrected chi connectivity index (χ1v) is 6.03. The summed E-state index contributed by atoms with van der Waals surface area (Å²) in [6, 6.07) is 7.14. The number of hydrogen-bond acceptors (Lipinski definition) is 6. The highest BCUT2D eigenvalue weighted by atomic mass is 32.3. The maximum atomic E-state index is 12.3. The number of rotatable bonds is 4. The average Bonchev–Trinajstić information content (AvgIpc) is 2.28. The van der Waals surface area contributed by atoms with Gasteiger partial charge >= 0.3 is 16.5 Å². The van der Waals surface area contributed by atoms with Crippen LogP contribution in [0.1, 0.15) is 0 Å². The fraction of sp³-hybridized carbons (Fsp3) is 0. The molecular formula is C10H7FN2O4S. The number of hydrogen-bond donors (Lipinski definition) is 0. The molecule has 18 heavy (non-hydrogen) atoms. The Morgan fingerprint density at radius 2 is 1.72 bits per heavy atom. The topological polar surface area (TPSA) is 78.4 Å². The van der Waals surface area contributed by atoms with Crippen molar-refractivity contribution in [1.82, 2.24) is 9.97 Å². The summed E-state index contributed by atoms with van der Waals surface area (Å²) in [5.74, 6) is 0.0216. The van der Waals surface area contributed by atoms with Crippen LogP contribution < -0.4 is 8.92 Å². The Balaban J connectivity index is 2.18. The molecule has 0 spiro atoms. The second-order valence-electron chi connectivity index (χ2n) is 3.08. The van der Waals surface area contributed by atoms with E-state index in [2.05, 4.69) is 14.2 Å². The Kier molecular flexibility index (Phi) is 3.38. The van der Waals surface area contributed by atoms with E-state index < -0.39 is 10.5 Å². The molecule has 0 unspecified atom stereocenters. The summed E-state index contributed by atoms with van der Waals surface area (Å²) in [6.07, 6.45) is 2.96. The zero-order valence-corrected chi connectivity index (χ0v) is 9.67. The van der Waals surface area contributed by atoms with Gasteiger partial charge in [0, 0.05) is 18.5 Å². The lowest BCUT2D eigenvalue weighted by Gasteiger charge is -2.04. The molecular weight excluding hydrogens is 263 g/mol. The standard InChI is InChI=1S/C10H7FN2O4S/c11-18(14,15)17-9-4-1-3-8(7-9)16-10-12-5-2-6-13-10/h1-7H. The van der Waals surface area contributed by atoms with Gasteiger partial charge in [0.1, 0.15) is 11.5 Å². The summed E-state index contributed by atoms with van der Waals surface area (Å²) in [4.78, 5) is 7.62. The summed E-state index contributed by atoms with van der Waals surface area (Å²) in [6.45, 7) is 0. The predicted molar refractivity (Wildman–Crippen MR) is 59.2 cm³/mol. The Hall–Kier alpha value is -2.22. The zero-order chi connectivity index (χ0) is 13.0. The number of ether oxygens (including phenoxy) is 1. The molecule has 0 atom stereocenters. The Morgan fingerprint density at radius 3 is 2.39 bits per heavy atom. The maximum Gasteiger partial charge on any atom is 0.488 e. The highest BCUT2D eigenvalue weighted by molar-refractivity contribution is 7.81. The molecule has 0 fully saturated rings. The van der Waals surface area contributed by atoms with E-state index in [9.17, 15) is 12.3 Å². The predicted octanol–water partition coefficient (Wildman–Crippen LogP) is 1.86. The molecule has 0 radical (unpaired) electrons. The van der Waals surface area contributed by atoms with Gasteiger partial charge in [-0.25, -0.2) is 9.97 Å². The Bertz CT molecular complexity index is 633. The van der Waals surface area contributed by atoms with Crippen LogP contribution in [0.2, 0.25) is 0 Å². The molecule has 0 amide bonds. The molecule has 0 bridgehead atoms. The molecule has 8 heteroatoms. The molecule has 0 N–H and O–H groups in total. The van der Waals surface area contributed by atoms with Gasteiger partial charge in [-0.05, 0) is 18.2 Å². The highest BCUT2D eigenvalue weighted by Gasteiger charge is 2.10. The van der Waals surface area contributed by atoms with Gasteiger partial charge in [-0.15, -0.1) is 0 Å². The monoisotopic (exact) mass is 270 g/mol. The second-order valence-corrected chi connectivity index (χ2v) is 4.04. The minimum atomic E-state index is -5.05. The first-order chi connectivity index (χ1) is 8.53. The van der Waals surface area contributed by atoms with Crippen LogP contribution in [0.4, 0.5) is 3.89 Å². The van der Waals surface area contributed by atoms with Crippen molar-refractivity contribution in [3.05, 3.63) is 42.7 Å². The lowest BCUT2D eigenvalue weighted by atomic mass is 10.3. The van der Waals surface area contributed by atoms with Crippen molar-refractivity contribution in [2.45, 2.75) is 0 Å². The van der Waals surface area contributed by atoms with Crippen LogP contribution >= 0.6 is 0 Å². The quantitative estimate of drug-likeness (QED) is 0.789. The van der Waals surface area contributed by atoms with E-state index in [0.29, 0.717) is 0 Å². The average molecular weight is 270 g/mol. The lowest BCUT2D eigenvalue weighted by molar-refractivity contribution is 0.428. The smallest absolute Gasteiger partial charge is 0.424 e. The third-order valence-electron chi connectivity index (χ3n) is 1.75. The van der Waals surface area contributed by atoms with Crippen LogP contribution in [0.25, 0.3) is 0 Å². The summed E-state index contributed by atoms with van der Waals surface area (Å²) >= 11 is 0. The van der Waals surface area contributed by atoms with Crippen LogP contribution in [-0.2, 0) is 10.5 Å². The third-order valence-corrected chi connectivity index (χ3v) is 2.14. The fourth-order valence-electron chi connectivity index (χ4n) is 1.15. The van der Waals surface area contributed by atoms with E-state index in [1.165, 1.54) is 36.7 Å². The molecule has 1 heterocycles. The molecule has 0 aliphatic heterocycles. The van der Waals surface area contributed by atoms with Crippen LogP contribution in [0.3, 0.4) is 0 Å². The van der Waals surface area contributed by atoms with Gasteiger partial charge in [-0.1, -0.05) is 9.95 Å². The van der Waals surface area contributed by atoms with Crippen LogP contribution in [-0.4, -0.2) is 18.4 Å². The molecule has 1 aromatic heterocycles. The van der Waals surface area contributed by atoms with Crippen molar-refractivity contribution in [2.75, 3.05) is 0 Å². The van der Waals surface area contributed by atoms with Crippen molar-refractivity contribution in [2.24, 2.45) is 0 Å².